The van der Waals surface area contributed by atoms with Crippen LogP contribution >= 0.6 is 11.3 Å². The molecule has 1 aliphatic heterocycles. The molecule has 0 unspecified atom stereocenters. The first-order valence-corrected chi connectivity index (χ1v) is 13.1. The van der Waals surface area contributed by atoms with Crippen LogP contribution in [0.2, 0.25) is 0 Å². The van der Waals surface area contributed by atoms with Crippen molar-refractivity contribution in [2.24, 2.45) is 0 Å². The van der Waals surface area contributed by atoms with E-state index in [2.05, 4.69) is 5.32 Å². The Morgan fingerprint density at radius 3 is 2.47 bits per heavy atom. The number of ether oxygens (including phenoxy) is 1. The van der Waals surface area contributed by atoms with Gasteiger partial charge >= 0.3 is 11.9 Å². The van der Waals surface area contributed by atoms with Crippen LogP contribution in [0, 0.1) is 0 Å². The summed E-state index contributed by atoms with van der Waals surface area (Å²) in [6, 6.07) is 17.1. The summed E-state index contributed by atoms with van der Waals surface area (Å²) in [4.78, 5) is 53.6. The molecule has 2 N–H and O–H groups in total. The van der Waals surface area contributed by atoms with Gasteiger partial charge in [-0.15, -0.1) is 11.3 Å². The van der Waals surface area contributed by atoms with Crippen molar-refractivity contribution in [2.75, 3.05) is 17.3 Å². The molecule has 0 radical (unpaired) electrons. The highest BCUT2D eigenvalue weighted by atomic mass is 32.1. The fourth-order valence-corrected chi connectivity index (χ4v) is 5.99. The summed E-state index contributed by atoms with van der Waals surface area (Å²) in [6.07, 6.45) is 0.323. The summed E-state index contributed by atoms with van der Waals surface area (Å²) < 4.78 is 4.82. The smallest absolute Gasteiger partial charge is 0.337 e. The van der Waals surface area contributed by atoms with E-state index in [-0.39, 0.29) is 24.5 Å². The molecule has 2 atom stereocenters. The molecule has 38 heavy (non-hydrogen) atoms. The summed E-state index contributed by atoms with van der Waals surface area (Å²) >= 11 is 1.61. The molecule has 2 aromatic carbocycles. The molecule has 0 spiro atoms. The summed E-state index contributed by atoms with van der Waals surface area (Å²) in [5, 5.41) is 14.7. The van der Waals surface area contributed by atoms with Gasteiger partial charge in [-0.3, -0.25) is 19.3 Å². The topological polar surface area (TPSA) is 113 Å². The molecule has 0 bridgehead atoms. The molecule has 5 rings (SSSR count). The van der Waals surface area contributed by atoms with Gasteiger partial charge in [0.25, 0.3) is 0 Å². The number of carboxylic acid groups (broad SMARTS) is 1. The Labute approximate surface area is 223 Å². The number of hydrogen-bond acceptors (Lipinski definition) is 7. The van der Waals surface area contributed by atoms with Gasteiger partial charge in [0, 0.05) is 34.9 Å². The quantitative estimate of drug-likeness (QED) is 0.416. The SMILES string of the molecule is COC(=O)c1ccc([C@@H]2C3=C(C[C@H](c4cccs4)CC3=O)Nc3ccccc3N2C(=O)CCC(=O)O)cc1. The van der Waals surface area contributed by atoms with Gasteiger partial charge < -0.3 is 15.2 Å². The third-order valence-corrected chi connectivity index (χ3v) is 7.94. The number of methoxy groups -OCH3 is 1. The second kappa shape index (κ2) is 10.6. The number of hydrogen-bond donors (Lipinski definition) is 2. The number of aliphatic carboxylic acids is 1. The predicted molar refractivity (Wildman–Crippen MR) is 143 cm³/mol. The van der Waals surface area contributed by atoms with Gasteiger partial charge in [0.15, 0.2) is 5.78 Å². The van der Waals surface area contributed by atoms with E-state index >= 15 is 0 Å². The number of Topliss-reactive ketones (excluding diaryl/α,β-unsaturated/α-hetero) is 1. The number of carboxylic acids is 1. The van der Waals surface area contributed by atoms with Crippen LogP contribution in [0.5, 0.6) is 0 Å². The Balaban J connectivity index is 1.68. The lowest BCUT2D eigenvalue weighted by Crippen LogP contribution is -2.38. The van der Waals surface area contributed by atoms with Gasteiger partial charge in [-0.05, 0) is 47.7 Å². The Kier molecular flexibility index (Phi) is 7.11. The Bertz CT molecular complexity index is 1430. The fourth-order valence-electron chi connectivity index (χ4n) is 5.16. The number of ketones is 1. The zero-order chi connectivity index (χ0) is 26.8. The van der Waals surface area contributed by atoms with Crippen molar-refractivity contribution >= 4 is 46.3 Å². The third kappa shape index (κ3) is 4.84. The van der Waals surface area contributed by atoms with Gasteiger partial charge in [0.05, 0.1) is 36.5 Å². The molecule has 2 heterocycles. The minimum absolute atomic E-state index is 0.0116. The van der Waals surface area contributed by atoms with Crippen LogP contribution in [0.3, 0.4) is 0 Å². The van der Waals surface area contributed by atoms with E-state index in [4.69, 9.17) is 4.74 Å². The van der Waals surface area contributed by atoms with Crippen molar-refractivity contribution in [1.29, 1.82) is 0 Å². The third-order valence-electron chi connectivity index (χ3n) is 6.90. The van der Waals surface area contributed by atoms with Crippen LogP contribution in [0.1, 0.15) is 58.4 Å². The van der Waals surface area contributed by atoms with Gasteiger partial charge in [0.2, 0.25) is 5.91 Å². The van der Waals surface area contributed by atoms with Gasteiger partial charge in [-0.2, -0.15) is 0 Å². The van der Waals surface area contributed by atoms with Crippen molar-refractivity contribution in [1.82, 2.24) is 0 Å². The maximum atomic E-state index is 13.9. The normalized spacial score (nSPS) is 18.7. The fraction of sp³-hybridized carbons (Fsp3) is 0.241. The van der Waals surface area contributed by atoms with Crippen molar-refractivity contribution < 1.29 is 29.0 Å². The maximum absolute atomic E-state index is 13.9. The number of carbonyl (C=O) groups excluding carboxylic acids is 3. The number of carbonyl (C=O) groups is 4. The minimum Gasteiger partial charge on any atom is -0.481 e. The average Bonchev–Trinajstić information content (AvgIpc) is 3.41. The standard InChI is InChI=1S/C29H26N2O6S/c1-37-29(36)18-10-8-17(9-11-18)28-27-21(15-19(16-23(27)32)24-7-4-14-38-24)30-20-5-2-3-6-22(20)31(28)25(33)12-13-26(34)35/h2-11,14,19,28,30H,12-13,15-16H2,1H3,(H,34,35)/t19-,28+/m0/s1. The highest BCUT2D eigenvalue weighted by molar-refractivity contribution is 7.10. The van der Waals surface area contributed by atoms with E-state index in [1.807, 2.05) is 29.6 Å². The van der Waals surface area contributed by atoms with Crippen molar-refractivity contribution in [3.8, 4) is 0 Å². The molecule has 1 aliphatic carbocycles. The van der Waals surface area contributed by atoms with Crippen molar-refractivity contribution in [3.63, 3.8) is 0 Å². The number of thiophene rings is 1. The molecule has 2 aliphatic rings. The second-order valence-electron chi connectivity index (χ2n) is 9.25. The molecule has 0 fully saturated rings. The number of nitrogens with zero attached hydrogens (tertiary/aromatic N) is 1. The first-order valence-electron chi connectivity index (χ1n) is 12.2. The summed E-state index contributed by atoms with van der Waals surface area (Å²) in [5.74, 6) is -2.05. The lowest BCUT2D eigenvalue weighted by atomic mass is 9.80. The Hall–Kier alpha value is -4.24. The van der Waals surface area contributed by atoms with E-state index in [0.29, 0.717) is 40.9 Å². The average molecular weight is 531 g/mol. The lowest BCUT2D eigenvalue weighted by Gasteiger charge is -2.35. The number of allylic oxidation sites excluding steroid dienone is 1. The van der Waals surface area contributed by atoms with Crippen LogP contribution < -0.4 is 10.2 Å². The van der Waals surface area contributed by atoms with E-state index in [1.54, 1.807) is 47.7 Å². The first kappa shape index (κ1) is 25.4. The molecule has 8 nitrogen and oxygen atoms in total. The number of fused-ring (bicyclic) bond motifs is 1. The van der Waals surface area contributed by atoms with Gasteiger partial charge in [-0.25, -0.2) is 4.79 Å². The molecular weight excluding hydrogens is 504 g/mol. The number of para-hydroxylation sites is 2. The summed E-state index contributed by atoms with van der Waals surface area (Å²) in [7, 11) is 1.30. The number of benzene rings is 2. The zero-order valence-electron chi connectivity index (χ0n) is 20.7. The van der Waals surface area contributed by atoms with Gasteiger partial charge in [0.1, 0.15) is 0 Å². The zero-order valence-corrected chi connectivity index (χ0v) is 21.5. The molecule has 9 heteroatoms. The minimum atomic E-state index is -1.08. The van der Waals surface area contributed by atoms with Crippen LogP contribution in [0.4, 0.5) is 11.4 Å². The number of rotatable bonds is 6. The lowest BCUT2D eigenvalue weighted by molar-refractivity contribution is -0.138. The summed E-state index contributed by atoms with van der Waals surface area (Å²) in [6.45, 7) is 0. The number of anilines is 2. The number of amides is 1. The molecular formula is C29H26N2O6S. The van der Waals surface area contributed by atoms with Crippen molar-refractivity contribution in [3.05, 3.63) is 93.3 Å². The highest BCUT2D eigenvalue weighted by Crippen LogP contribution is 2.48. The number of esters is 1. The molecule has 1 aromatic heterocycles. The second-order valence-corrected chi connectivity index (χ2v) is 10.2. The monoisotopic (exact) mass is 530 g/mol. The van der Waals surface area contributed by atoms with E-state index < -0.39 is 23.9 Å². The molecule has 194 valence electrons. The maximum Gasteiger partial charge on any atom is 0.337 e. The van der Waals surface area contributed by atoms with Crippen LogP contribution in [0.15, 0.2) is 77.3 Å². The van der Waals surface area contributed by atoms with E-state index in [9.17, 15) is 24.3 Å². The summed E-state index contributed by atoms with van der Waals surface area (Å²) in [5.41, 5.74) is 3.41. The van der Waals surface area contributed by atoms with E-state index in [1.165, 1.54) is 12.0 Å². The van der Waals surface area contributed by atoms with Crippen LogP contribution in [-0.2, 0) is 19.1 Å². The van der Waals surface area contributed by atoms with Crippen LogP contribution in [0.25, 0.3) is 0 Å². The highest BCUT2D eigenvalue weighted by Gasteiger charge is 2.41. The van der Waals surface area contributed by atoms with Crippen molar-refractivity contribution in [2.45, 2.75) is 37.6 Å². The largest absolute Gasteiger partial charge is 0.481 e. The molecule has 0 saturated carbocycles. The first-order chi connectivity index (χ1) is 18.4. The predicted octanol–water partition coefficient (Wildman–Crippen LogP) is 5.30. The number of nitrogens with one attached hydrogen (secondary N) is 1. The van der Waals surface area contributed by atoms with Crippen LogP contribution in [-0.4, -0.2) is 35.8 Å². The Morgan fingerprint density at radius 2 is 1.79 bits per heavy atom. The molecule has 1 amide bonds. The molecule has 0 saturated heterocycles. The van der Waals surface area contributed by atoms with E-state index in [0.717, 1.165) is 10.6 Å². The van der Waals surface area contributed by atoms with Gasteiger partial charge in [-0.1, -0.05) is 30.3 Å². The molecule has 3 aromatic rings. The Morgan fingerprint density at radius 1 is 1.03 bits per heavy atom.